The zero-order valence-electron chi connectivity index (χ0n) is 17.4. The number of halogens is 1. The summed E-state index contributed by atoms with van der Waals surface area (Å²) in [5.74, 6) is -1.96. The molecule has 10 nitrogen and oxygen atoms in total. The third-order valence-corrected chi connectivity index (χ3v) is 4.75. The molecule has 1 aromatic carbocycles. The zero-order valence-corrected chi connectivity index (χ0v) is 17.4. The van der Waals surface area contributed by atoms with Crippen molar-refractivity contribution in [2.24, 2.45) is 7.05 Å². The van der Waals surface area contributed by atoms with Crippen LogP contribution in [-0.2, 0) is 16.6 Å². The standard InChI is InChI=1S/C19H23FN8O2/c1-11(2)28-17(23-24-25-28)15-7-6-14(8-16(15)20)22-18(29)19(30)27(5)12(3)13-9-21-26(4)10-13/h6-12H,1-5H3,(H,22,29). The lowest BCUT2D eigenvalue weighted by Gasteiger charge is -2.23. The van der Waals surface area contributed by atoms with Crippen LogP contribution in [0.1, 0.15) is 38.4 Å². The maximum atomic E-state index is 14.7. The van der Waals surface area contributed by atoms with E-state index in [9.17, 15) is 14.0 Å². The third kappa shape index (κ3) is 4.19. The lowest BCUT2D eigenvalue weighted by Crippen LogP contribution is -2.38. The molecule has 0 fully saturated rings. The first-order valence-corrected chi connectivity index (χ1v) is 9.33. The topological polar surface area (TPSA) is 111 Å². The number of benzene rings is 1. The van der Waals surface area contributed by atoms with E-state index in [0.717, 1.165) is 11.6 Å². The number of anilines is 1. The van der Waals surface area contributed by atoms with E-state index >= 15 is 0 Å². The molecule has 0 saturated heterocycles. The van der Waals surface area contributed by atoms with Gasteiger partial charge in [-0.25, -0.2) is 9.07 Å². The molecule has 2 amide bonds. The van der Waals surface area contributed by atoms with Crippen molar-refractivity contribution in [2.75, 3.05) is 12.4 Å². The van der Waals surface area contributed by atoms with Crippen LogP contribution in [0.15, 0.2) is 30.6 Å². The maximum absolute atomic E-state index is 14.7. The highest BCUT2D eigenvalue weighted by molar-refractivity contribution is 6.39. The Labute approximate surface area is 172 Å². The summed E-state index contributed by atoms with van der Waals surface area (Å²) in [6.45, 7) is 5.54. The average Bonchev–Trinajstić information content (AvgIpc) is 3.35. The quantitative estimate of drug-likeness (QED) is 0.639. The van der Waals surface area contributed by atoms with E-state index in [1.54, 1.807) is 31.0 Å². The highest BCUT2D eigenvalue weighted by Gasteiger charge is 2.25. The second kappa shape index (κ2) is 8.39. The number of carbonyl (C=O) groups excluding carboxylic acids is 2. The molecule has 2 aromatic heterocycles. The van der Waals surface area contributed by atoms with Gasteiger partial charge in [-0.2, -0.15) is 5.10 Å². The van der Waals surface area contributed by atoms with Crippen LogP contribution in [0.5, 0.6) is 0 Å². The van der Waals surface area contributed by atoms with Crippen molar-refractivity contribution < 1.29 is 14.0 Å². The van der Waals surface area contributed by atoms with E-state index < -0.39 is 17.6 Å². The van der Waals surface area contributed by atoms with E-state index in [1.807, 2.05) is 13.8 Å². The number of tetrazole rings is 1. The molecule has 1 N–H and O–H groups in total. The predicted molar refractivity (Wildman–Crippen MR) is 107 cm³/mol. The van der Waals surface area contributed by atoms with Gasteiger partial charge in [0.25, 0.3) is 0 Å². The highest BCUT2D eigenvalue weighted by Crippen LogP contribution is 2.25. The van der Waals surface area contributed by atoms with Crippen molar-refractivity contribution in [1.29, 1.82) is 0 Å². The van der Waals surface area contributed by atoms with Crippen LogP contribution in [0.4, 0.5) is 10.1 Å². The van der Waals surface area contributed by atoms with Crippen LogP contribution in [-0.4, -0.2) is 53.7 Å². The van der Waals surface area contributed by atoms with Gasteiger partial charge in [0.15, 0.2) is 5.82 Å². The number of amides is 2. The summed E-state index contributed by atoms with van der Waals surface area (Å²) in [6, 6.07) is 3.68. The Morgan fingerprint density at radius 2 is 1.97 bits per heavy atom. The van der Waals surface area contributed by atoms with Gasteiger partial charge in [-0.05, 0) is 49.4 Å². The first-order valence-electron chi connectivity index (χ1n) is 9.33. The Morgan fingerprint density at radius 1 is 1.23 bits per heavy atom. The Hall–Kier alpha value is -3.63. The highest BCUT2D eigenvalue weighted by atomic mass is 19.1. The predicted octanol–water partition coefficient (Wildman–Crippen LogP) is 1.95. The minimum atomic E-state index is -0.868. The summed E-state index contributed by atoms with van der Waals surface area (Å²) in [4.78, 5) is 26.2. The van der Waals surface area contributed by atoms with E-state index in [2.05, 4.69) is 25.9 Å². The van der Waals surface area contributed by atoms with Crippen LogP contribution in [0, 0.1) is 5.82 Å². The second-order valence-electron chi connectivity index (χ2n) is 7.23. The molecular weight excluding hydrogens is 391 g/mol. The molecule has 0 spiro atoms. The monoisotopic (exact) mass is 414 g/mol. The molecule has 0 aliphatic carbocycles. The summed E-state index contributed by atoms with van der Waals surface area (Å²) in [6.07, 6.45) is 3.40. The molecule has 30 heavy (non-hydrogen) atoms. The van der Waals surface area contributed by atoms with Crippen molar-refractivity contribution in [3.8, 4) is 11.4 Å². The van der Waals surface area contributed by atoms with Crippen LogP contribution >= 0.6 is 0 Å². The van der Waals surface area contributed by atoms with Gasteiger partial charge < -0.3 is 10.2 Å². The number of nitrogens with zero attached hydrogens (tertiary/aromatic N) is 7. The summed E-state index contributed by atoms with van der Waals surface area (Å²) >= 11 is 0. The van der Waals surface area contributed by atoms with Gasteiger partial charge in [0, 0.05) is 31.5 Å². The maximum Gasteiger partial charge on any atom is 0.313 e. The van der Waals surface area contributed by atoms with Gasteiger partial charge in [0.05, 0.1) is 23.8 Å². The fourth-order valence-corrected chi connectivity index (χ4v) is 2.89. The molecule has 3 rings (SSSR count). The number of hydrogen-bond donors (Lipinski definition) is 1. The molecule has 3 aromatic rings. The minimum Gasteiger partial charge on any atom is -0.331 e. The number of nitrogens with one attached hydrogen (secondary N) is 1. The number of hydrogen-bond acceptors (Lipinski definition) is 6. The summed E-state index contributed by atoms with van der Waals surface area (Å²) < 4.78 is 17.8. The first kappa shape index (κ1) is 21.1. The fourth-order valence-electron chi connectivity index (χ4n) is 2.89. The average molecular weight is 414 g/mol. The molecule has 0 bridgehead atoms. The molecule has 1 atom stereocenters. The smallest absolute Gasteiger partial charge is 0.313 e. The van der Waals surface area contributed by atoms with Gasteiger partial charge in [-0.15, -0.1) is 5.10 Å². The Morgan fingerprint density at radius 3 is 2.57 bits per heavy atom. The van der Waals surface area contributed by atoms with Crippen molar-refractivity contribution in [2.45, 2.75) is 32.9 Å². The normalized spacial score (nSPS) is 12.1. The summed E-state index contributed by atoms with van der Waals surface area (Å²) in [7, 11) is 3.29. The summed E-state index contributed by atoms with van der Waals surface area (Å²) in [5.41, 5.74) is 1.14. The zero-order chi connectivity index (χ0) is 22.0. The Bertz CT molecular complexity index is 1070. The van der Waals surface area contributed by atoms with Crippen molar-refractivity contribution in [3.63, 3.8) is 0 Å². The van der Waals surface area contributed by atoms with Crippen LogP contribution in [0.3, 0.4) is 0 Å². The molecule has 11 heteroatoms. The Kier molecular flexibility index (Phi) is 5.90. The molecule has 158 valence electrons. The third-order valence-electron chi connectivity index (χ3n) is 4.75. The van der Waals surface area contributed by atoms with Crippen LogP contribution in [0.2, 0.25) is 0 Å². The molecule has 0 radical (unpaired) electrons. The lowest BCUT2D eigenvalue weighted by molar-refractivity contribution is -0.143. The largest absolute Gasteiger partial charge is 0.331 e. The van der Waals surface area contributed by atoms with Gasteiger partial charge in [-0.1, -0.05) is 0 Å². The Balaban J connectivity index is 1.73. The minimum absolute atomic E-state index is 0.0521. The summed E-state index contributed by atoms with van der Waals surface area (Å²) in [5, 5.41) is 17.8. The number of aromatic nitrogens is 6. The van der Waals surface area contributed by atoms with Crippen LogP contribution < -0.4 is 5.32 Å². The van der Waals surface area contributed by atoms with E-state index in [1.165, 1.54) is 28.8 Å². The molecule has 1 unspecified atom stereocenters. The van der Waals surface area contributed by atoms with E-state index in [0.29, 0.717) is 0 Å². The van der Waals surface area contributed by atoms with E-state index in [4.69, 9.17) is 0 Å². The number of likely N-dealkylation sites (N-methyl/N-ethyl adjacent to an activating group) is 1. The van der Waals surface area contributed by atoms with Crippen LogP contribution in [0.25, 0.3) is 11.4 Å². The number of carbonyl (C=O) groups is 2. The SMILES string of the molecule is CC(c1cnn(C)c1)N(C)C(=O)C(=O)Nc1ccc(-c2nnnn2C(C)C)c(F)c1. The first-order chi connectivity index (χ1) is 14.2. The molecule has 0 saturated carbocycles. The molecular formula is C19H23FN8O2. The van der Waals surface area contributed by atoms with Crippen molar-refractivity contribution in [1.82, 2.24) is 34.9 Å². The van der Waals surface area contributed by atoms with E-state index in [-0.39, 0.29) is 29.2 Å². The second-order valence-corrected chi connectivity index (χ2v) is 7.23. The lowest BCUT2D eigenvalue weighted by atomic mass is 10.1. The fraction of sp³-hybridized carbons (Fsp3) is 0.368. The van der Waals surface area contributed by atoms with Crippen molar-refractivity contribution >= 4 is 17.5 Å². The number of aryl methyl sites for hydroxylation is 1. The van der Waals surface area contributed by atoms with Gasteiger partial charge in [-0.3, -0.25) is 14.3 Å². The molecule has 0 aliphatic heterocycles. The van der Waals surface area contributed by atoms with Gasteiger partial charge >= 0.3 is 11.8 Å². The van der Waals surface area contributed by atoms with Gasteiger partial charge in [0.1, 0.15) is 5.82 Å². The molecule has 0 aliphatic rings. The van der Waals surface area contributed by atoms with Gasteiger partial charge in [0.2, 0.25) is 0 Å². The number of rotatable bonds is 5. The van der Waals surface area contributed by atoms with Crippen molar-refractivity contribution in [3.05, 3.63) is 42.0 Å². The molecule has 2 heterocycles.